The molecule has 0 rings (SSSR count). The number of carboxylic acid groups (broad SMARTS) is 3. The Hall–Kier alpha value is -0.942. The standard InChI is InChI=1S/C6H8O7.Pt/c7-3(8)1-6(13,5(11)12)2-4(9)10;/h13H,1-2H2,(H,7,8)(H,9,10)(H,11,12);. The molecular weight excluding hydrogens is 379 g/mol. The van der Waals surface area contributed by atoms with Crippen molar-refractivity contribution in [1.29, 1.82) is 0 Å². The van der Waals surface area contributed by atoms with E-state index in [1.54, 1.807) is 0 Å². The molecule has 0 saturated heterocycles. The minimum atomic E-state index is -2.74. The van der Waals surface area contributed by atoms with E-state index in [0.717, 1.165) is 0 Å². The average Bonchev–Trinajstić information content (AvgIpc) is 1.82. The molecule has 8 heteroatoms. The quantitative estimate of drug-likeness (QED) is 0.463. The molecule has 0 spiro atoms. The number of hydrogen-bond acceptors (Lipinski definition) is 4. The van der Waals surface area contributed by atoms with Gasteiger partial charge in [0, 0.05) is 21.1 Å². The van der Waals surface area contributed by atoms with Gasteiger partial charge in [0.25, 0.3) is 0 Å². The topological polar surface area (TPSA) is 132 Å². The maximum absolute atomic E-state index is 10.3. The summed E-state index contributed by atoms with van der Waals surface area (Å²) in [5.41, 5.74) is -2.74. The van der Waals surface area contributed by atoms with Crippen molar-refractivity contribution in [2.24, 2.45) is 0 Å². The van der Waals surface area contributed by atoms with Crippen LogP contribution in [0.5, 0.6) is 0 Å². The van der Waals surface area contributed by atoms with Crippen molar-refractivity contribution in [2.45, 2.75) is 18.4 Å². The van der Waals surface area contributed by atoms with Gasteiger partial charge in [0.2, 0.25) is 0 Å². The fraction of sp³-hybridized carbons (Fsp3) is 0.500. The molecule has 0 aliphatic heterocycles. The van der Waals surface area contributed by atoms with E-state index in [0.29, 0.717) is 0 Å². The molecule has 0 aromatic heterocycles. The minimum absolute atomic E-state index is 0. The Morgan fingerprint density at radius 3 is 1.36 bits per heavy atom. The molecule has 0 aliphatic rings. The van der Waals surface area contributed by atoms with Gasteiger partial charge in [0.15, 0.2) is 5.60 Å². The second kappa shape index (κ2) is 5.72. The van der Waals surface area contributed by atoms with Gasteiger partial charge in [-0.15, -0.1) is 0 Å². The van der Waals surface area contributed by atoms with Crippen LogP contribution in [0.1, 0.15) is 12.8 Å². The van der Waals surface area contributed by atoms with Gasteiger partial charge in [-0.05, 0) is 0 Å². The van der Waals surface area contributed by atoms with Gasteiger partial charge in [0.05, 0.1) is 12.8 Å². The SMILES string of the molecule is O=C(O)CC(O)(CC(=O)O)C(=O)O.[Pt]. The van der Waals surface area contributed by atoms with Gasteiger partial charge >= 0.3 is 17.9 Å². The Morgan fingerprint density at radius 2 is 1.21 bits per heavy atom. The largest absolute Gasteiger partial charge is 0.481 e. The summed E-state index contributed by atoms with van der Waals surface area (Å²) >= 11 is 0. The second-order valence-electron chi connectivity index (χ2n) is 2.48. The third-order valence-electron chi connectivity index (χ3n) is 1.29. The van der Waals surface area contributed by atoms with Gasteiger partial charge in [-0.25, -0.2) is 4.79 Å². The normalized spacial score (nSPS) is 10.1. The number of aliphatic hydroxyl groups is 1. The number of carboxylic acids is 3. The third-order valence-corrected chi connectivity index (χ3v) is 1.29. The zero-order valence-corrected chi connectivity index (χ0v) is 9.02. The van der Waals surface area contributed by atoms with Crippen LogP contribution in [0.4, 0.5) is 0 Å². The van der Waals surface area contributed by atoms with E-state index in [9.17, 15) is 14.4 Å². The molecule has 84 valence electrons. The van der Waals surface area contributed by atoms with Crippen molar-refractivity contribution >= 4 is 17.9 Å². The second-order valence-corrected chi connectivity index (χ2v) is 2.48. The molecular formula is C6H8O7Pt. The molecule has 7 nitrogen and oxygen atoms in total. The molecule has 0 fully saturated rings. The molecule has 0 aromatic carbocycles. The van der Waals surface area contributed by atoms with Crippen molar-refractivity contribution in [3.05, 3.63) is 0 Å². The summed E-state index contributed by atoms with van der Waals surface area (Å²) in [5, 5.41) is 33.8. The number of rotatable bonds is 5. The Labute approximate surface area is 92.6 Å². The molecule has 0 unspecified atom stereocenters. The zero-order valence-electron chi connectivity index (χ0n) is 6.74. The predicted molar refractivity (Wildman–Crippen MR) is 37.1 cm³/mol. The Kier molecular flexibility index (Phi) is 6.34. The van der Waals surface area contributed by atoms with Crippen molar-refractivity contribution < 1.29 is 55.9 Å². The van der Waals surface area contributed by atoms with Crippen molar-refractivity contribution in [3.63, 3.8) is 0 Å². The molecule has 0 amide bonds. The number of aliphatic carboxylic acids is 3. The molecule has 0 radical (unpaired) electrons. The summed E-state index contributed by atoms with van der Waals surface area (Å²) in [7, 11) is 0. The van der Waals surface area contributed by atoms with E-state index in [-0.39, 0.29) is 21.1 Å². The van der Waals surface area contributed by atoms with Crippen LogP contribution >= 0.6 is 0 Å². The van der Waals surface area contributed by atoms with Gasteiger partial charge in [0.1, 0.15) is 0 Å². The molecule has 0 saturated carbocycles. The average molecular weight is 387 g/mol. The van der Waals surface area contributed by atoms with Crippen LogP contribution in [-0.4, -0.2) is 43.9 Å². The van der Waals surface area contributed by atoms with Gasteiger partial charge < -0.3 is 20.4 Å². The van der Waals surface area contributed by atoms with Crippen molar-refractivity contribution in [1.82, 2.24) is 0 Å². The van der Waals surface area contributed by atoms with Gasteiger partial charge in [-0.3, -0.25) is 9.59 Å². The van der Waals surface area contributed by atoms with E-state index < -0.39 is 36.4 Å². The van der Waals surface area contributed by atoms with Crippen LogP contribution in [0.15, 0.2) is 0 Å². The zero-order chi connectivity index (χ0) is 10.6. The van der Waals surface area contributed by atoms with Crippen molar-refractivity contribution in [3.8, 4) is 0 Å². The molecule has 0 atom stereocenters. The van der Waals surface area contributed by atoms with Crippen LogP contribution in [0.2, 0.25) is 0 Å². The van der Waals surface area contributed by atoms with E-state index in [2.05, 4.69) is 0 Å². The van der Waals surface area contributed by atoms with Crippen molar-refractivity contribution in [2.75, 3.05) is 0 Å². The third kappa shape index (κ3) is 4.93. The van der Waals surface area contributed by atoms with Gasteiger partial charge in [-0.2, -0.15) is 0 Å². The predicted octanol–water partition coefficient (Wildman–Crippen LogP) is -1.25. The first kappa shape index (κ1) is 15.5. The first-order valence-electron chi connectivity index (χ1n) is 3.17. The van der Waals surface area contributed by atoms with Gasteiger partial charge in [-0.1, -0.05) is 0 Å². The fourth-order valence-electron chi connectivity index (χ4n) is 0.714. The molecule has 0 aliphatic carbocycles. The molecule has 0 bridgehead atoms. The molecule has 14 heavy (non-hydrogen) atoms. The summed E-state index contributed by atoms with van der Waals surface area (Å²) in [5.74, 6) is -5.02. The van der Waals surface area contributed by atoms with Crippen LogP contribution in [0.25, 0.3) is 0 Å². The van der Waals surface area contributed by atoms with Crippen LogP contribution < -0.4 is 0 Å². The number of carbonyl (C=O) groups is 3. The smallest absolute Gasteiger partial charge is 0.336 e. The first-order chi connectivity index (χ1) is 5.78. The molecule has 0 heterocycles. The fourth-order valence-corrected chi connectivity index (χ4v) is 0.714. The minimum Gasteiger partial charge on any atom is -0.481 e. The van der Waals surface area contributed by atoms with Crippen LogP contribution in [0.3, 0.4) is 0 Å². The Balaban J connectivity index is 0. The maximum atomic E-state index is 10.3. The van der Waals surface area contributed by atoms with E-state index in [1.165, 1.54) is 0 Å². The number of hydrogen-bond donors (Lipinski definition) is 4. The Morgan fingerprint density at radius 1 is 0.929 bits per heavy atom. The van der Waals surface area contributed by atoms with E-state index in [4.69, 9.17) is 20.4 Å². The monoisotopic (exact) mass is 387 g/mol. The molecule has 4 N–H and O–H groups in total. The summed E-state index contributed by atoms with van der Waals surface area (Å²) in [4.78, 5) is 30.5. The van der Waals surface area contributed by atoms with E-state index >= 15 is 0 Å². The summed E-state index contributed by atoms with van der Waals surface area (Å²) < 4.78 is 0. The first-order valence-corrected chi connectivity index (χ1v) is 3.17. The van der Waals surface area contributed by atoms with Crippen LogP contribution in [0, 0.1) is 0 Å². The molecule has 0 aromatic rings. The maximum Gasteiger partial charge on any atom is 0.336 e. The summed E-state index contributed by atoms with van der Waals surface area (Å²) in [6, 6.07) is 0. The van der Waals surface area contributed by atoms with E-state index in [1.807, 2.05) is 0 Å². The van der Waals surface area contributed by atoms with Crippen LogP contribution in [-0.2, 0) is 35.4 Å². The summed E-state index contributed by atoms with van der Waals surface area (Å²) in [6.45, 7) is 0. The summed E-state index contributed by atoms with van der Waals surface area (Å²) in [6.07, 6.45) is -2.29. The Bertz CT molecular complexity index is 233.